The van der Waals surface area contributed by atoms with Gasteiger partial charge in [-0.15, -0.1) is 0 Å². The molecule has 3 aromatic carbocycles. The number of nitrogens with two attached hydrogens (primary N) is 1. The number of anilines is 1. The minimum Gasteiger partial charge on any atom is -0.496 e. The van der Waals surface area contributed by atoms with Gasteiger partial charge in [0.1, 0.15) is 5.75 Å². The summed E-state index contributed by atoms with van der Waals surface area (Å²) in [6.45, 7) is 0. The van der Waals surface area contributed by atoms with Crippen LogP contribution in [-0.2, 0) is 0 Å². The summed E-state index contributed by atoms with van der Waals surface area (Å²) in [6, 6.07) is 20.2. The Morgan fingerprint density at radius 3 is 2.69 bits per heavy atom. The van der Waals surface area contributed by atoms with Crippen molar-refractivity contribution in [2.45, 2.75) is 6.17 Å². The Balaban J connectivity index is 1.84. The van der Waals surface area contributed by atoms with E-state index in [2.05, 4.69) is 33.1 Å². The van der Waals surface area contributed by atoms with Gasteiger partial charge in [-0.1, -0.05) is 42.5 Å². The van der Waals surface area contributed by atoms with Gasteiger partial charge in [0.15, 0.2) is 12.1 Å². The zero-order valence-corrected chi connectivity index (χ0v) is 14.2. The first-order valence-electron chi connectivity index (χ1n) is 8.39. The molecule has 0 spiro atoms. The summed E-state index contributed by atoms with van der Waals surface area (Å²) in [5.74, 6) is 1.86. The van der Waals surface area contributed by atoms with Crippen LogP contribution in [0.3, 0.4) is 0 Å². The van der Waals surface area contributed by atoms with E-state index < -0.39 is 0 Å². The van der Waals surface area contributed by atoms with Crippen molar-refractivity contribution in [3.63, 3.8) is 0 Å². The van der Waals surface area contributed by atoms with Gasteiger partial charge in [0, 0.05) is 10.9 Å². The maximum Gasteiger partial charge on any atom is 0.212 e. The molecule has 4 aromatic rings. The summed E-state index contributed by atoms with van der Waals surface area (Å²) in [5.41, 5.74) is 8.99. The topological polar surface area (TPSA) is 77.5 Å². The number of rotatable bonds is 2. The largest absolute Gasteiger partial charge is 0.496 e. The van der Waals surface area contributed by atoms with E-state index in [9.17, 15) is 0 Å². The maximum atomic E-state index is 6.07. The molecule has 0 amide bonds. The molecule has 0 aliphatic carbocycles. The molecule has 1 aliphatic heterocycles. The molecule has 0 saturated heterocycles. The van der Waals surface area contributed by atoms with Gasteiger partial charge in [-0.2, -0.15) is 0 Å². The molecule has 6 heteroatoms. The van der Waals surface area contributed by atoms with Gasteiger partial charge in [0.05, 0.1) is 18.1 Å². The van der Waals surface area contributed by atoms with Gasteiger partial charge < -0.3 is 10.5 Å². The number of nitrogens with zero attached hydrogens (tertiary/aromatic N) is 3. The van der Waals surface area contributed by atoms with Crippen LogP contribution in [0.5, 0.6) is 5.75 Å². The minimum absolute atomic E-state index is 0.321. The molecule has 1 aliphatic rings. The van der Waals surface area contributed by atoms with Gasteiger partial charge in [0.25, 0.3) is 0 Å². The molecular weight excluding hydrogens is 326 g/mol. The van der Waals surface area contributed by atoms with Gasteiger partial charge in [-0.3, -0.25) is 9.88 Å². The second-order valence-corrected chi connectivity index (χ2v) is 6.21. The maximum absolute atomic E-state index is 6.07. The van der Waals surface area contributed by atoms with Crippen LogP contribution in [0.25, 0.3) is 21.8 Å². The van der Waals surface area contributed by atoms with Crippen LogP contribution >= 0.6 is 0 Å². The second-order valence-electron chi connectivity index (χ2n) is 6.21. The molecule has 128 valence electrons. The van der Waals surface area contributed by atoms with E-state index in [-0.39, 0.29) is 6.17 Å². The molecule has 1 aromatic heterocycles. The number of hydrogen-bond acceptors (Lipinski definition) is 5. The highest BCUT2D eigenvalue weighted by atomic mass is 16.5. The van der Waals surface area contributed by atoms with Crippen molar-refractivity contribution in [2.75, 3.05) is 12.4 Å². The van der Waals surface area contributed by atoms with Crippen LogP contribution in [0.1, 0.15) is 11.7 Å². The van der Waals surface area contributed by atoms with Crippen molar-refractivity contribution in [1.82, 2.24) is 9.55 Å². The quantitative estimate of drug-likeness (QED) is 0.584. The second kappa shape index (κ2) is 5.49. The highest BCUT2D eigenvalue weighted by Crippen LogP contribution is 2.38. The normalized spacial score (nSPS) is 16.2. The minimum atomic E-state index is -0.321. The molecule has 0 saturated carbocycles. The van der Waals surface area contributed by atoms with Crippen LogP contribution in [0.15, 0.2) is 65.7 Å². The number of imidazole rings is 1. The third-order valence-corrected chi connectivity index (χ3v) is 4.74. The smallest absolute Gasteiger partial charge is 0.212 e. The van der Waals surface area contributed by atoms with Crippen LogP contribution < -0.4 is 15.8 Å². The van der Waals surface area contributed by atoms with E-state index in [0.717, 1.165) is 33.1 Å². The lowest BCUT2D eigenvalue weighted by Crippen LogP contribution is -2.31. The molecule has 26 heavy (non-hydrogen) atoms. The Kier molecular flexibility index (Phi) is 3.12. The molecule has 1 atom stereocenters. The molecule has 3 N–H and O–H groups in total. The van der Waals surface area contributed by atoms with E-state index in [1.54, 1.807) is 7.11 Å². The number of fused-ring (bicyclic) bond motifs is 4. The fourth-order valence-electron chi connectivity index (χ4n) is 3.65. The molecule has 0 radical (unpaired) electrons. The SMILES string of the molecule is COc1cccc2cccc(C3N=C(N)Nc4nc5ccccc5n43)c12. The third kappa shape index (κ3) is 2.05. The summed E-state index contributed by atoms with van der Waals surface area (Å²) in [5, 5.41) is 5.20. The molecule has 6 nitrogen and oxygen atoms in total. The Hall–Kier alpha value is -3.54. The Labute approximate surface area is 149 Å². The summed E-state index contributed by atoms with van der Waals surface area (Å²) in [4.78, 5) is 9.35. The monoisotopic (exact) mass is 343 g/mol. The number of guanidine groups is 1. The van der Waals surface area contributed by atoms with E-state index in [0.29, 0.717) is 11.9 Å². The summed E-state index contributed by atoms with van der Waals surface area (Å²) >= 11 is 0. The predicted octanol–water partition coefficient (Wildman–Crippen LogP) is 3.49. The zero-order chi connectivity index (χ0) is 17.7. The lowest BCUT2D eigenvalue weighted by Gasteiger charge is -2.25. The first-order valence-corrected chi connectivity index (χ1v) is 8.39. The predicted molar refractivity (Wildman–Crippen MR) is 104 cm³/mol. The Bertz CT molecular complexity index is 1170. The fourth-order valence-corrected chi connectivity index (χ4v) is 3.65. The van der Waals surface area contributed by atoms with Crippen molar-refractivity contribution < 1.29 is 4.74 Å². The van der Waals surface area contributed by atoms with Crippen LogP contribution in [-0.4, -0.2) is 22.6 Å². The Morgan fingerprint density at radius 1 is 1.04 bits per heavy atom. The first kappa shape index (κ1) is 14.8. The van der Waals surface area contributed by atoms with Gasteiger partial charge in [-0.25, -0.2) is 9.98 Å². The van der Waals surface area contributed by atoms with Crippen molar-refractivity contribution >= 4 is 33.7 Å². The number of benzene rings is 3. The lowest BCUT2D eigenvalue weighted by atomic mass is 10.0. The summed E-state index contributed by atoms with van der Waals surface area (Å²) in [6.07, 6.45) is -0.321. The van der Waals surface area contributed by atoms with Crippen LogP contribution in [0.4, 0.5) is 5.95 Å². The van der Waals surface area contributed by atoms with E-state index in [1.807, 2.05) is 42.5 Å². The lowest BCUT2D eigenvalue weighted by molar-refractivity contribution is 0.419. The van der Waals surface area contributed by atoms with Crippen molar-refractivity contribution in [3.8, 4) is 5.75 Å². The molecule has 0 fully saturated rings. The van der Waals surface area contributed by atoms with E-state index in [4.69, 9.17) is 15.5 Å². The van der Waals surface area contributed by atoms with Gasteiger partial charge in [0.2, 0.25) is 5.95 Å². The molecule has 0 bridgehead atoms. The summed E-state index contributed by atoms with van der Waals surface area (Å²) < 4.78 is 7.70. The zero-order valence-electron chi connectivity index (χ0n) is 14.2. The number of hydrogen-bond donors (Lipinski definition) is 2. The number of nitrogens with one attached hydrogen (secondary N) is 1. The number of aromatic nitrogens is 2. The van der Waals surface area contributed by atoms with Crippen molar-refractivity contribution in [2.24, 2.45) is 10.7 Å². The number of para-hydroxylation sites is 2. The van der Waals surface area contributed by atoms with Crippen molar-refractivity contribution in [1.29, 1.82) is 0 Å². The number of methoxy groups -OCH3 is 1. The first-order chi connectivity index (χ1) is 12.8. The van der Waals surface area contributed by atoms with E-state index >= 15 is 0 Å². The Morgan fingerprint density at radius 2 is 1.85 bits per heavy atom. The number of ether oxygens (including phenoxy) is 1. The molecule has 2 heterocycles. The molecular formula is C20H17N5O. The average Bonchev–Trinajstić information content (AvgIpc) is 3.04. The summed E-state index contributed by atoms with van der Waals surface area (Å²) in [7, 11) is 1.68. The van der Waals surface area contributed by atoms with Gasteiger partial charge in [-0.05, 0) is 23.6 Å². The van der Waals surface area contributed by atoms with Crippen LogP contribution in [0.2, 0.25) is 0 Å². The third-order valence-electron chi connectivity index (χ3n) is 4.74. The average molecular weight is 343 g/mol. The van der Waals surface area contributed by atoms with Gasteiger partial charge >= 0.3 is 0 Å². The highest BCUT2D eigenvalue weighted by Gasteiger charge is 2.27. The highest BCUT2D eigenvalue weighted by molar-refractivity contribution is 5.96. The fraction of sp³-hybridized carbons (Fsp3) is 0.100. The molecule has 5 rings (SSSR count). The van der Waals surface area contributed by atoms with E-state index in [1.165, 1.54) is 0 Å². The standard InChI is InChI=1S/C20H17N5O/c1-26-16-11-5-7-12-6-4-8-13(17(12)16)18-23-19(21)24-20-22-14-9-2-3-10-15(14)25(18)20/h2-11,18H,1H3,(H3,21,22,23,24). The molecule has 1 unspecified atom stereocenters. The number of aliphatic imine (C=N–C) groups is 1. The van der Waals surface area contributed by atoms with Crippen molar-refractivity contribution in [3.05, 3.63) is 66.2 Å². The van der Waals surface area contributed by atoms with Crippen LogP contribution in [0, 0.1) is 0 Å².